The maximum absolute atomic E-state index is 10.8. The second-order valence-corrected chi connectivity index (χ2v) is 12.3. The topological polar surface area (TPSA) is 177 Å². The zero-order valence-corrected chi connectivity index (χ0v) is 30.3. The van der Waals surface area contributed by atoms with E-state index in [9.17, 15) is 14.4 Å². The number of carbonyl (C=O) groups excluding carboxylic acids is 3. The lowest BCUT2D eigenvalue weighted by atomic mass is 10.3. The largest absolute Gasteiger partial charge is 0.347 e. The zero-order valence-electron chi connectivity index (χ0n) is 30.3. The lowest BCUT2D eigenvalue weighted by Crippen LogP contribution is -2.13. The van der Waals surface area contributed by atoms with E-state index < -0.39 is 0 Å². The number of Topliss-reactive ketones (excluding diaryl/α,β-unsaturated/α-hetero) is 3. The van der Waals surface area contributed by atoms with Crippen LogP contribution in [0.15, 0.2) is 37.4 Å². The van der Waals surface area contributed by atoms with Gasteiger partial charge in [0.05, 0.1) is 30.5 Å². The fourth-order valence-corrected chi connectivity index (χ4v) is 3.59. The summed E-state index contributed by atoms with van der Waals surface area (Å²) in [5, 5.41) is 15.5. The minimum Gasteiger partial charge on any atom is -0.347 e. The SMILES string of the molecule is C.CC(=O)c1cn(C(C)C)nn1.CC(=O)c1cnn(C(C)C)c1.CC(=O)c1ncn(C(C)C)n1.CC(C)n1cnc2cnc(N(C)C)nc21. The van der Waals surface area contributed by atoms with Crippen molar-refractivity contribution in [2.45, 2.75) is 108 Å². The number of fused-ring (bicyclic) bond motifs is 1. The summed E-state index contributed by atoms with van der Waals surface area (Å²) in [6, 6.07) is 1.20. The minimum atomic E-state index is -0.0931. The van der Waals surface area contributed by atoms with Gasteiger partial charge < -0.3 is 9.47 Å². The summed E-state index contributed by atoms with van der Waals surface area (Å²) in [5.41, 5.74) is 2.84. The Labute approximate surface area is 289 Å². The molecule has 5 aromatic rings. The number of aromatic nitrogens is 12. The number of hydrogen-bond acceptors (Lipinski definition) is 12. The standard InChI is InChI=1S/C10H15N5.C8H12N2O.2C7H11N3O.CH4/c1-7(2)15-6-12-8-5-11-10(14(3)4)13-9(8)15;1-6(2)10-5-8(4-9-10)7(3)11;1-5(2)10-4-8-7(9-10)6(3)11;1-5(2)10-4-7(6(3)11)8-9-10;/h5-7H,1-4H3;4-6H,1-3H3;2*4-5H,1-3H3;1H4. The highest BCUT2D eigenvalue weighted by molar-refractivity contribution is 5.93. The molecular formula is C33H53N13O3. The summed E-state index contributed by atoms with van der Waals surface area (Å²) in [6.07, 6.45) is 10.2. The molecule has 5 aromatic heterocycles. The van der Waals surface area contributed by atoms with E-state index in [2.05, 4.69) is 54.3 Å². The Morgan fingerprint density at radius 2 is 1.31 bits per heavy atom. The van der Waals surface area contributed by atoms with Crippen LogP contribution in [-0.2, 0) is 0 Å². The molecule has 5 heterocycles. The van der Waals surface area contributed by atoms with Crippen LogP contribution >= 0.6 is 0 Å². The highest BCUT2D eigenvalue weighted by Crippen LogP contribution is 2.16. The molecule has 0 aromatic carbocycles. The molecule has 0 N–H and O–H groups in total. The van der Waals surface area contributed by atoms with Gasteiger partial charge in [-0.15, -0.1) is 10.2 Å². The van der Waals surface area contributed by atoms with Gasteiger partial charge in [-0.2, -0.15) is 10.1 Å². The minimum absolute atomic E-state index is 0. The molecule has 16 nitrogen and oxygen atoms in total. The Morgan fingerprint density at radius 3 is 1.67 bits per heavy atom. The van der Waals surface area contributed by atoms with Crippen molar-refractivity contribution in [3.05, 3.63) is 54.5 Å². The number of anilines is 1. The molecule has 49 heavy (non-hydrogen) atoms. The van der Waals surface area contributed by atoms with Crippen molar-refractivity contribution < 1.29 is 14.4 Å². The third-order valence-electron chi connectivity index (χ3n) is 6.55. The van der Waals surface area contributed by atoms with Crippen LogP contribution in [0.25, 0.3) is 11.2 Å². The monoisotopic (exact) mass is 679 g/mol. The molecule has 0 saturated carbocycles. The number of imidazole rings is 1. The molecule has 0 radical (unpaired) electrons. The molecular weight excluding hydrogens is 626 g/mol. The van der Waals surface area contributed by atoms with Crippen LogP contribution in [0.4, 0.5) is 5.95 Å². The summed E-state index contributed by atoms with van der Waals surface area (Å²) in [4.78, 5) is 51.0. The van der Waals surface area contributed by atoms with Gasteiger partial charge in [-0.05, 0) is 62.3 Å². The highest BCUT2D eigenvalue weighted by Gasteiger charge is 2.10. The van der Waals surface area contributed by atoms with Gasteiger partial charge >= 0.3 is 0 Å². The van der Waals surface area contributed by atoms with Crippen LogP contribution in [0, 0.1) is 0 Å². The van der Waals surface area contributed by atoms with Crippen LogP contribution in [0.2, 0.25) is 0 Å². The smallest absolute Gasteiger partial charge is 0.226 e. The average molecular weight is 680 g/mol. The molecule has 0 aliphatic heterocycles. The van der Waals surface area contributed by atoms with Crippen molar-refractivity contribution in [3.8, 4) is 0 Å². The number of ketones is 3. The third-order valence-corrected chi connectivity index (χ3v) is 6.55. The van der Waals surface area contributed by atoms with E-state index in [1.54, 1.807) is 52.1 Å². The second-order valence-electron chi connectivity index (χ2n) is 12.3. The quantitative estimate of drug-likeness (QED) is 0.178. The van der Waals surface area contributed by atoms with E-state index in [1.807, 2.05) is 71.4 Å². The fourth-order valence-electron chi connectivity index (χ4n) is 3.59. The summed E-state index contributed by atoms with van der Waals surface area (Å²) >= 11 is 0. The van der Waals surface area contributed by atoms with E-state index in [0.717, 1.165) is 11.2 Å². The van der Waals surface area contributed by atoms with Crippen LogP contribution in [0.5, 0.6) is 0 Å². The molecule has 5 rings (SSSR count). The van der Waals surface area contributed by atoms with Crippen LogP contribution in [-0.4, -0.2) is 90.5 Å². The van der Waals surface area contributed by atoms with Gasteiger partial charge in [0.25, 0.3) is 0 Å². The first-order chi connectivity index (χ1) is 22.4. The maximum atomic E-state index is 10.8. The molecule has 0 aliphatic rings. The molecule has 0 amide bonds. The molecule has 268 valence electrons. The maximum Gasteiger partial charge on any atom is 0.226 e. The number of carbonyl (C=O) groups is 3. The van der Waals surface area contributed by atoms with Crippen LogP contribution in [0.1, 0.15) is 139 Å². The van der Waals surface area contributed by atoms with Crippen LogP contribution in [0.3, 0.4) is 0 Å². The van der Waals surface area contributed by atoms with Gasteiger partial charge in [0, 0.05) is 58.3 Å². The summed E-state index contributed by atoms with van der Waals surface area (Å²) in [5.74, 6) is 0.932. The average Bonchev–Trinajstić information content (AvgIpc) is 3.83. The zero-order chi connectivity index (χ0) is 36.3. The first-order valence-electron chi connectivity index (χ1n) is 15.7. The van der Waals surface area contributed by atoms with E-state index >= 15 is 0 Å². The Bertz CT molecular complexity index is 1640. The fraction of sp³-hybridized carbons (Fsp3) is 0.545. The number of nitrogens with zero attached hydrogens (tertiary/aromatic N) is 13. The Kier molecular flexibility index (Phi) is 16.2. The lowest BCUT2D eigenvalue weighted by molar-refractivity contribution is 0.0997. The van der Waals surface area contributed by atoms with Crippen molar-refractivity contribution in [1.82, 2.24) is 59.1 Å². The summed E-state index contributed by atoms with van der Waals surface area (Å²) in [6.45, 7) is 20.7. The molecule has 0 spiro atoms. The summed E-state index contributed by atoms with van der Waals surface area (Å²) in [7, 11) is 3.86. The van der Waals surface area contributed by atoms with E-state index in [-0.39, 0.29) is 36.9 Å². The first-order valence-corrected chi connectivity index (χ1v) is 15.7. The molecule has 0 bridgehead atoms. The normalized spacial score (nSPS) is 10.6. The van der Waals surface area contributed by atoms with Crippen molar-refractivity contribution in [2.75, 3.05) is 19.0 Å². The van der Waals surface area contributed by atoms with Gasteiger partial charge in [0.15, 0.2) is 23.0 Å². The Morgan fingerprint density at radius 1 is 0.694 bits per heavy atom. The van der Waals surface area contributed by atoms with Gasteiger partial charge in [-0.1, -0.05) is 12.6 Å². The Balaban J connectivity index is 0.000000328. The van der Waals surface area contributed by atoms with Crippen LogP contribution < -0.4 is 4.90 Å². The van der Waals surface area contributed by atoms with Crippen molar-refractivity contribution in [2.24, 2.45) is 0 Å². The second kappa shape index (κ2) is 19.0. The first kappa shape index (κ1) is 41.9. The van der Waals surface area contributed by atoms with E-state index in [1.165, 1.54) is 13.8 Å². The molecule has 0 aliphatic carbocycles. The number of hydrogen-bond donors (Lipinski definition) is 0. The van der Waals surface area contributed by atoms with Gasteiger partial charge in [-0.25, -0.2) is 24.3 Å². The number of rotatable bonds is 8. The lowest BCUT2D eigenvalue weighted by Gasteiger charge is -2.11. The molecule has 0 unspecified atom stereocenters. The molecule has 0 saturated heterocycles. The van der Waals surface area contributed by atoms with Gasteiger partial charge in [0.1, 0.15) is 17.5 Å². The summed E-state index contributed by atoms with van der Waals surface area (Å²) < 4.78 is 7.15. The van der Waals surface area contributed by atoms with Crippen molar-refractivity contribution in [3.63, 3.8) is 0 Å². The Hall–Kier alpha value is -5.15. The highest BCUT2D eigenvalue weighted by atomic mass is 16.1. The molecule has 0 fully saturated rings. The van der Waals surface area contributed by atoms with Crippen molar-refractivity contribution in [1.29, 1.82) is 0 Å². The third kappa shape index (κ3) is 12.4. The van der Waals surface area contributed by atoms with Gasteiger partial charge in [-0.3, -0.25) is 19.1 Å². The van der Waals surface area contributed by atoms with Gasteiger partial charge in [0.2, 0.25) is 11.8 Å². The predicted octanol–water partition coefficient (Wildman–Crippen LogP) is 5.90. The molecule has 0 atom stereocenters. The predicted molar refractivity (Wildman–Crippen MR) is 190 cm³/mol. The van der Waals surface area contributed by atoms with Crippen molar-refractivity contribution >= 4 is 34.5 Å². The van der Waals surface area contributed by atoms with E-state index in [0.29, 0.717) is 35.1 Å². The van der Waals surface area contributed by atoms with E-state index in [4.69, 9.17) is 0 Å². The molecule has 16 heteroatoms.